The monoisotopic (exact) mass is 299 g/mol. The van der Waals surface area contributed by atoms with Crippen molar-refractivity contribution >= 4 is 0 Å². The van der Waals surface area contributed by atoms with E-state index in [9.17, 15) is 9.90 Å². The van der Waals surface area contributed by atoms with Crippen LogP contribution < -0.4 is 5.43 Å². The Morgan fingerprint density at radius 3 is 2.36 bits per heavy atom. The number of aromatic nitrogens is 1. The third-order valence-electron chi connectivity index (χ3n) is 3.94. The first-order valence-electron chi connectivity index (χ1n) is 7.88. The van der Waals surface area contributed by atoms with E-state index in [1.807, 2.05) is 11.5 Å². The maximum atomic E-state index is 12.1. The first kappa shape index (κ1) is 16.5. The second-order valence-electron chi connectivity index (χ2n) is 6.39. The molecule has 0 bridgehead atoms. The highest BCUT2D eigenvalue weighted by atomic mass is 16.3. The molecular weight excluding hydrogens is 274 g/mol. The number of hydrogen-bond acceptors (Lipinski definition) is 2. The zero-order valence-corrected chi connectivity index (χ0v) is 13.9. The summed E-state index contributed by atoms with van der Waals surface area (Å²) in [6.07, 6.45) is 5.22. The third kappa shape index (κ3) is 3.66. The second-order valence-corrected chi connectivity index (χ2v) is 6.39. The van der Waals surface area contributed by atoms with Gasteiger partial charge in [-0.3, -0.25) is 4.79 Å². The largest absolute Gasteiger partial charge is 0.386 e. The van der Waals surface area contributed by atoms with E-state index in [0.717, 1.165) is 17.8 Å². The first-order chi connectivity index (χ1) is 10.3. The molecule has 2 rings (SSSR count). The molecule has 0 radical (unpaired) electrons. The van der Waals surface area contributed by atoms with Gasteiger partial charge in [-0.15, -0.1) is 0 Å². The normalized spacial score (nSPS) is 11.7. The van der Waals surface area contributed by atoms with Crippen molar-refractivity contribution < 1.29 is 5.11 Å². The van der Waals surface area contributed by atoms with E-state index in [1.54, 1.807) is 26.1 Å². The van der Waals surface area contributed by atoms with Gasteiger partial charge in [-0.25, -0.2) is 0 Å². The molecule has 0 aliphatic rings. The lowest BCUT2D eigenvalue weighted by Crippen LogP contribution is -2.27. The highest BCUT2D eigenvalue weighted by Gasteiger charge is 2.21. The van der Waals surface area contributed by atoms with E-state index < -0.39 is 5.60 Å². The van der Waals surface area contributed by atoms with Gasteiger partial charge in [-0.2, -0.15) is 0 Å². The Kier molecular flexibility index (Phi) is 4.87. The fourth-order valence-electron chi connectivity index (χ4n) is 2.57. The maximum absolute atomic E-state index is 12.1. The van der Waals surface area contributed by atoms with Crippen LogP contribution in [0.15, 0.2) is 41.3 Å². The van der Waals surface area contributed by atoms with E-state index in [0.29, 0.717) is 5.56 Å². The van der Waals surface area contributed by atoms with Gasteiger partial charge in [-0.1, -0.05) is 25.5 Å². The summed E-state index contributed by atoms with van der Waals surface area (Å²) in [5, 5.41) is 10.2. The molecule has 118 valence electrons. The number of pyridine rings is 1. The zero-order valence-electron chi connectivity index (χ0n) is 13.9. The first-order valence-corrected chi connectivity index (χ1v) is 7.88. The summed E-state index contributed by atoms with van der Waals surface area (Å²) >= 11 is 0. The van der Waals surface area contributed by atoms with E-state index in [-0.39, 0.29) is 5.43 Å². The Bertz CT molecular complexity index is 691. The van der Waals surface area contributed by atoms with Crippen molar-refractivity contribution in [1.29, 1.82) is 0 Å². The Hall–Kier alpha value is -1.87. The van der Waals surface area contributed by atoms with Gasteiger partial charge in [0.1, 0.15) is 0 Å². The number of aryl methyl sites for hydroxylation is 2. The van der Waals surface area contributed by atoms with Crippen LogP contribution in [0.5, 0.6) is 0 Å². The average molecular weight is 299 g/mol. The van der Waals surface area contributed by atoms with Gasteiger partial charge in [-0.05, 0) is 51.3 Å². The van der Waals surface area contributed by atoms with E-state index >= 15 is 0 Å². The Morgan fingerprint density at radius 1 is 1.18 bits per heavy atom. The summed E-state index contributed by atoms with van der Waals surface area (Å²) < 4.78 is 1.96. The minimum Gasteiger partial charge on any atom is -0.386 e. The van der Waals surface area contributed by atoms with Crippen molar-refractivity contribution in [3.63, 3.8) is 0 Å². The molecule has 2 aromatic rings. The minimum atomic E-state index is -1.15. The molecule has 1 aromatic heterocycles. The van der Waals surface area contributed by atoms with Crippen molar-refractivity contribution in [2.24, 2.45) is 0 Å². The van der Waals surface area contributed by atoms with Crippen LogP contribution in [0.3, 0.4) is 0 Å². The highest BCUT2D eigenvalue weighted by Crippen LogP contribution is 2.19. The molecule has 0 atom stereocenters. The minimum absolute atomic E-state index is 0.124. The molecule has 1 N–H and O–H groups in total. The Labute approximate surface area is 132 Å². The number of aliphatic hydroxyl groups is 1. The van der Waals surface area contributed by atoms with Gasteiger partial charge in [0.25, 0.3) is 0 Å². The van der Waals surface area contributed by atoms with Gasteiger partial charge in [0.2, 0.25) is 0 Å². The SMILES string of the molecule is CCCCc1ccc(-n2cc(C(C)(C)O)c(=O)cc2C)cc1. The molecule has 0 amide bonds. The lowest BCUT2D eigenvalue weighted by atomic mass is 9.99. The van der Waals surface area contributed by atoms with Crippen molar-refractivity contribution in [1.82, 2.24) is 4.57 Å². The average Bonchev–Trinajstić information content (AvgIpc) is 2.44. The predicted octanol–water partition coefficient (Wildman–Crippen LogP) is 3.72. The molecule has 0 spiro atoms. The summed E-state index contributed by atoms with van der Waals surface area (Å²) in [5.41, 5.74) is 2.33. The molecule has 22 heavy (non-hydrogen) atoms. The summed E-state index contributed by atoms with van der Waals surface area (Å²) in [6.45, 7) is 7.37. The van der Waals surface area contributed by atoms with Crippen LogP contribution in [-0.4, -0.2) is 9.67 Å². The van der Waals surface area contributed by atoms with Crippen LogP contribution in [0, 0.1) is 6.92 Å². The molecular formula is C19H25NO2. The standard InChI is InChI=1S/C19H25NO2/c1-5-6-7-15-8-10-16(11-9-15)20-13-17(19(3,4)22)18(21)12-14(20)2/h8-13,22H,5-7H2,1-4H3. The van der Waals surface area contributed by atoms with Gasteiger partial charge in [0.05, 0.1) is 5.60 Å². The number of rotatable bonds is 5. The summed E-state index contributed by atoms with van der Waals surface area (Å²) in [5.74, 6) is 0. The summed E-state index contributed by atoms with van der Waals surface area (Å²) in [4.78, 5) is 12.1. The lowest BCUT2D eigenvalue weighted by molar-refractivity contribution is 0.0769. The van der Waals surface area contributed by atoms with Gasteiger partial charge >= 0.3 is 0 Å². The van der Waals surface area contributed by atoms with Gasteiger partial charge in [0.15, 0.2) is 5.43 Å². The molecule has 0 aliphatic carbocycles. The maximum Gasteiger partial charge on any atom is 0.187 e. The van der Waals surface area contributed by atoms with E-state index in [1.165, 1.54) is 18.4 Å². The van der Waals surface area contributed by atoms with Gasteiger partial charge < -0.3 is 9.67 Å². The molecule has 3 heteroatoms. The number of nitrogens with zero attached hydrogens (tertiary/aromatic N) is 1. The summed E-state index contributed by atoms with van der Waals surface area (Å²) in [6, 6.07) is 9.98. The van der Waals surface area contributed by atoms with Crippen LogP contribution in [-0.2, 0) is 12.0 Å². The van der Waals surface area contributed by atoms with Crippen molar-refractivity contribution in [3.05, 3.63) is 63.6 Å². The number of unbranched alkanes of at least 4 members (excludes halogenated alkanes) is 1. The quantitative estimate of drug-likeness (QED) is 0.914. The lowest BCUT2D eigenvalue weighted by Gasteiger charge is -2.20. The van der Waals surface area contributed by atoms with Crippen LogP contribution in [0.1, 0.15) is 50.4 Å². The van der Waals surface area contributed by atoms with Crippen LogP contribution >= 0.6 is 0 Å². The predicted molar refractivity (Wildman–Crippen MR) is 90.6 cm³/mol. The van der Waals surface area contributed by atoms with E-state index in [4.69, 9.17) is 0 Å². The number of hydrogen-bond donors (Lipinski definition) is 1. The van der Waals surface area contributed by atoms with E-state index in [2.05, 4.69) is 31.2 Å². The third-order valence-corrected chi connectivity index (χ3v) is 3.94. The fourth-order valence-corrected chi connectivity index (χ4v) is 2.57. The van der Waals surface area contributed by atoms with Crippen LogP contribution in [0.25, 0.3) is 5.69 Å². The van der Waals surface area contributed by atoms with Crippen LogP contribution in [0.4, 0.5) is 0 Å². The van der Waals surface area contributed by atoms with Crippen molar-refractivity contribution in [3.8, 4) is 5.69 Å². The molecule has 1 aromatic carbocycles. The topological polar surface area (TPSA) is 42.2 Å². The zero-order chi connectivity index (χ0) is 16.3. The molecule has 3 nitrogen and oxygen atoms in total. The molecule has 0 saturated heterocycles. The molecule has 1 heterocycles. The molecule has 0 unspecified atom stereocenters. The number of benzene rings is 1. The molecule has 0 aliphatic heterocycles. The van der Waals surface area contributed by atoms with Crippen LogP contribution in [0.2, 0.25) is 0 Å². The highest BCUT2D eigenvalue weighted by molar-refractivity contribution is 5.38. The van der Waals surface area contributed by atoms with Gasteiger partial charge in [0, 0.05) is 29.2 Å². The second kappa shape index (κ2) is 6.49. The Morgan fingerprint density at radius 2 is 1.82 bits per heavy atom. The smallest absolute Gasteiger partial charge is 0.187 e. The summed E-state index contributed by atoms with van der Waals surface area (Å²) in [7, 11) is 0. The van der Waals surface area contributed by atoms with Crippen molar-refractivity contribution in [2.45, 2.75) is 52.6 Å². The fraction of sp³-hybridized carbons (Fsp3) is 0.421. The van der Waals surface area contributed by atoms with Crippen molar-refractivity contribution in [2.75, 3.05) is 0 Å². The molecule has 0 saturated carbocycles. The Balaban J connectivity index is 2.42. The molecule has 0 fully saturated rings.